The number of hydrogen-bond donors (Lipinski definition) is 1. The van der Waals surface area contributed by atoms with Gasteiger partial charge in [-0.3, -0.25) is 4.99 Å². The average Bonchev–Trinajstić information content (AvgIpc) is 2.66. The molecule has 0 aliphatic heterocycles. The van der Waals surface area contributed by atoms with Gasteiger partial charge >= 0.3 is 12.4 Å². The third-order valence-corrected chi connectivity index (χ3v) is 4.08. The van der Waals surface area contributed by atoms with E-state index >= 15 is 0 Å². The molecular weight excluding hydrogens is 396 g/mol. The van der Waals surface area contributed by atoms with Crippen molar-refractivity contribution in [1.29, 1.82) is 0 Å². The highest BCUT2D eigenvalue weighted by molar-refractivity contribution is 5.89. The molecule has 0 heterocycles. The molecule has 0 fully saturated rings. The first kappa shape index (κ1) is 20.4. The van der Waals surface area contributed by atoms with Crippen molar-refractivity contribution in [3.63, 3.8) is 0 Å². The molecule has 2 nitrogen and oxygen atoms in total. The van der Waals surface area contributed by atoms with Crippen LogP contribution in [0.1, 0.15) is 16.7 Å². The largest absolute Gasteiger partial charge is 0.507 e. The second-order valence-electron chi connectivity index (χ2n) is 6.13. The van der Waals surface area contributed by atoms with Crippen LogP contribution in [0.4, 0.5) is 32.0 Å². The first-order valence-corrected chi connectivity index (χ1v) is 8.26. The zero-order valence-electron chi connectivity index (χ0n) is 14.6. The third-order valence-electron chi connectivity index (χ3n) is 4.08. The molecule has 3 aromatic rings. The van der Waals surface area contributed by atoms with E-state index in [0.29, 0.717) is 23.3 Å². The molecule has 29 heavy (non-hydrogen) atoms. The monoisotopic (exact) mass is 409 g/mol. The van der Waals surface area contributed by atoms with Crippen molar-refractivity contribution in [3.8, 4) is 16.9 Å². The smallest absolute Gasteiger partial charge is 0.416 e. The number of para-hydroxylation sites is 1. The summed E-state index contributed by atoms with van der Waals surface area (Å²) in [7, 11) is 0. The van der Waals surface area contributed by atoms with Gasteiger partial charge in [0.05, 0.1) is 16.8 Å². The van der Waals surface area contributed by atoms with E-state index in [9.17, 15) is 31.4 Å². The van der Waals surface area contributed by atoms with Crippen LogP contribution in [0.25, 0.3) is 11.1 Å². The minimum Gasteiger partial charge on any atom is -0.507 e. The summed E-state index contributed by atoms with van der Waals surface area (Å²) in [6, 6.07) is 14.6. The molecular formula is C21H13F6NO. The SMILES string of the molecule is Oc1c(C=Nc2cc(C(F)(F)F)cc(C(F)(F)F)c2)cccc1-c1ccccc1. The second-order valence-corrected chi connectivity index (χ2v) is 6.13. The van der Waals surface area contributed by atoms with Crippen molar-refractivity contribution in [1.82, 2.24) is 0 Å². The number of benzene rings is 3. The summed E-state index contributed by atoms with van der Waals surface area (Å²) in [5.74, 6) is -0.189. The molecule has 3 aromatic carbocycles. The van der Waals surface area contributed by atoms with Gasteiger partial charge in [-0.1, -0.05) is 42.5 Å². The van der Waals surface area contributed by atoms with Gasteiger partial charge in [-0.2, -0.15) is 26.3 Å². The summed E-state index contributed by atoms with van der Waals surface area (Å²) in [4.78, 5) is 3.74. The molecule has 8 heteroatoms. The van der Waals surface area contributed by atoms with Crippen molar-refractivity contribution in [2.75, 3.05) is 0 Å². The number of alkyl halides is 6. The van der Waals surface area contributed by atoms with Gasteiger partial charge in [-0.25, -0.2) is 0 Å². The maximum absolute atomic E-state index is 12.9. The Morgan fingerprint density at radius 1 is 0.724 bits per heavy atom. The van der Waals surface area contributed by atoms with Gasteiger partial charge in [0.1, 0.15) is 5.75 Å². The number of aliphatic imine (C=N–C) groups is 1. The van der Waals surface area contributed by atoms with Gasteiger partial charge in [0.25, 0.3) is 0 Å². The predicted octanol–water partition coefficient (Wildman–Crippen LogP) is 6.85. The number of aromatic hydroxyl groups is 1. The number of rotatable bonds is 3. The molecule has 0 aliphatic carbocycles. The summed E-state index contributed by atoms with van der Waals surface area (Å²) in [6.07, 6.45) is -8.89. The van der Waals surface area contributed by atoms with Gasteiger partial charge in [0.15, 0.2) is 0 Å². The summed E-state index contributed by atoms with van der Waals surface area (Å²) >= 11 is 0. The minimum atomic E-state index is -4.96. The van der Waals surface area contributed by atoms with Crippen molar-refractivity contribution >= 4 is 11.9 Å². The summed E-state index contributed by atoms with van der Waals surface area (Å²) in [6.45, 7) is 0. The average molecular weight is 409 g/mol. The van der Waals surface area contributed by atoms with Crippen LogP contribution in [0.5, 0.6) is 5.75 Å². The van der Waals surface area contributed by atoms with Crippen molar-refractivity contribution < 1.29 is 31.4 Å². The molecule has 0 spiro atoms. The molecule has 0 unspecified atom stereocenters. The fourth-order valence-corrected chi connectivity index (χ4v) is 2.67. The molecule has 0 aromatic heterocycles. The van der Waals surface area contributed by atoms with Crippen LogP contribution in [-0.2, 0) is 12.4 Å². The molecule has 0 saturated carbocycles. The Labute approximate surface area is 161 Å². The second kappa shape index (κ2) is 7.62. The number of phenolic OH excluding ortho intramolecular Hbond substituents is 1. The third kappa shape index (κ3) is 4.77. The predicted molar refractivity (Wildman–Crippen MR) is 97.2 cm³/mol. The van der Waals surface area contributed by atoms with Gasteiger partial charge in [-0.05, 0) is 29.8 Å². The van der Waals surface area contributed by atoms with Crippen molar-refractivity contribution in [3.05, 3.63) is 83.4 Å². The molecule has 0 atom stereocenters. The van der Waals surface area contributed by atoms with Crippen LogP contribution in [0.15, 0.2) is 71.7 Å². The molecule has 0 saturated heterocycles. The molecule has 1 N–H and O–H groups in total. The summed E-state index contributed by atoms with van der Waals surface area (Å²) < 4.78 is 77.7. The van der Waals surface area contributed by atoms with E-state index in [1.807, 2.05) is 0 Å². The van der Waals surface area contributed by atoms with Crippen LogP contribution in [0.3, 0.4) is 0 Å². The Bertz CT molecular complexity index is 1010. The lowest BCUT2D eigenvalue weighted by molar-refractivity contribution is -0.143. The first-order chi connectivity index (χ1) is 13.6. The zero-order valence-corrected chi connectivity index (χ0v) is 14.6. The lowest BCUT2D eigenvalue weighted by Crippen LogP contribution is -2.10. The van der Waals surface area contributed by atoms with Gasteiger partial charge < -0.3 is 5.11 Å². The summed E-state index contributed by atoms with van der Waals surface area (Å²) in [5, 5.41) is 10.4. The fraction of sp³-hybridized carbons (Fsp3) is 0.0952. The maximum atomic E-state index is 12.9. The highest BCUT2D eigenvalue weighted by atomic mass is 19.4. The quantitative estimate of drug-likeness (QED) is 0.373. The standard InChI is InChI=1S/C21H13F6NO/c22-20(23,24)15-9-16(21(25,26)27)11-17(10-15)28-12-14-7-4-8-18(19(14)29)13-5-2-1-3-6-13/h1-12,29H. The van der Waals surface area contributed by atoms with Gasteiger partial charge in [0, 0.05) is 17.3 Å². The van der Waals surface area contributed by atoms with Gasteiger partial charge in [-0.15, -0.1) is 0 Å². The molecule has 0 bridgehead atoms. The number of hydrogen-bond acceptors (Lipinski definition) is 2. The Hall–Kier alpha value is -3.29. The van der Waals surface area contributed by atoms with E-state index in [1.54, 1.807) is 42.5 Å². The molecule has 0 amide bonds. The van der Waals surface area contributed by atoms with E-state index in [1.165, 1.54) is 6.07 Å². The lowest BCUT2D eigenvalue weighted by atomic mass is 10.0. The number of nitrogens with zero attached hydrogens (tertiary/aromatic N) is 1. The van der Waals surface area contributed by atoms with Crippen LogP contribution in [0, 0.1) is 0 Å². The number of phenols is 1. The van der Waals surface area contributed by atoms with Crippen LogP contribution >= 0.6 is 0 Å². The molecule has 0 radical (unpaired) electrons. The minimum absolute atomic E-state index is 0.0342. The van der Waals surface area contributed by atoms with E-state index in [0.717, 1.165) is 6.21 Å². The van der Waals surface area contributed by atoms with Gasteiger partial charge in [0.2, 0.25) is 0 Å². The van der Waals surface area contributed by atoms with Crippen LogP contribution in [-0.4, -0.2) is 11.3 Å². The normalized spacial score (nSPS) is 12.5. The van der Waals surface area contributed by atoms with Crippen LogP contribution in [0.2, 0.25) is 0 Å². The van der Waals surface area contributed by atoms with E-state index < -0.39 is 29.2 Å². The highest BCUT2D eigenvalue weighted by Gasteiger charge is 2.36. The topological polar surface area (TPSA) is 32.6 Å². The Morgan fingerprint density at radius 2 is 1.31 bits per heavy atom. The molecule has 3 rings (SSSR count). The van der Waals surface area contributed by atoms with E-state index in [2.05, 4.69) is 4.99 Å². The Balaban J connectivity index is 2.02. The summed E-state index contributed by atoms with van der Waals surface area (Å²) in [5.41, 5.74) is -2.15. The molecule has 0 aliphatic rings. The highest BCUT2D eigenvalue weighted by Crippen LogP contribution is 2.38. The van der Waals surface area contributed by atoms with Crippen molar-refractivity contribution in [2.45, 2.75) is 12.4 Å². The number of halogens is 6. The van der Waals surface area contributed by atoms with E-state index in [4.69, 9.17) is 0 Å². The van der Waals surface area contributed by atoms with Crippen LogP contribution < -0.4 is 0 Å². The lowest BCUT2D eigenvalue weighted by Gasteiger charge is -2.12. The Kier molecular flexibility index (Phi) is 5.37. The maximum Gasteiger partial charge on any atom is 0.416 e. The molecule has 150 valence electrons. The fourth-order valence-electron chi connectivity index (χ4n) is 2.67. The van der Waals surface area contributed by atoms with Crippen molar-refractivity contribution in [2.24, 2.45) is 4.99 Å². The Morgan fingerprint density at radius 3 is 1.86 bits per heavy atom. The zero-order chi connectivity index (χ0) is 21.2. The van der Waals surface area contributed by atoms with E-state index in [-0.39, 0.29) is 17.4 Å². The first-order valence-electron chi connectivity index (χ1n) is 8.26.